The summed E-state index contributed by atoms with van der Waals surface area (Å²) in [7, 11) is 0. The molecule has 34 heavy (non-hydrogen) atoms. The Morgan fingerprint density at radius 1 is 1.26 bits per heavy atom. The largest absolute Gasteiger partial charge is 0.394 e. The van der Waals surface area contributed by atoms with Crippen LogP contribution in [0.15, 0.2) is 30.3 Å². The summed E-state index contributed by atoms with van der Waals surface area (Å²) < 4.78 is -0.690. The fraction of sp³-hybridized carbons (Fsp3) is 0.640. The Hall–Kier alpha value is -1.58. The van der Waals surface area contributed by atoms with Crippen LogP contribution in [0.1, 0.15) is 45.6 Å². The first-order valence-electron chi connectivity index (χ1n) is 12.1. The van der Waals surface area contributed by atoms with Gasteiger partial charge in [0.1, 0.15) is 6.04 Å². The molecule has 9 heteroatoms. The lowest BCUT2D eigenvalue weighted by Crippen LogP contribution is -2.57. The van der Waals surface area contributed by atoms with Crippen LogP contribution in [0.4, 0.5) is 0 Å². The predicted molar refractivity (Wildman–Crippen MR) is 136 cm³/mol. The van der Waals surface area contributed by atoms with Crippen LogP contribution in [0.3, 0.4) is 0 Å². The molecule has 3 aliphatic heterocycles. The number of rotatable bonds is 9. The van der Waals surface area contributed by atoms with Gasteiger partial charge in [-0.15, -0.1) is 11.8 Å². The number of aliphatic hydroxyl groups is 1. The Kier molecular flexibility index (Phi) is 7.64. The van der Waals surface area contributed by atoms with E-state index < -0.39 is 28.7 Å². The average Bonchev–Trinajstić information content (AvgIpc) is 3.41. The van der Waals surface area contributed by atoms with Crippen molar-refractivity contribution >= 4 is 45.4 Å². The number of likely N-dealkylation sites (tertiary alicyclic amines) is 1. The van der Waals surface area contributed by atoms with Crippen molar-refractivity contribution in [1.29, 1.82) is 0 Å². The number of carbonyl (C=O) groups excluding carboxylic acids is 3. The number of hydrogen-bond acceptors (Lipinski definition) is 5. The van der Waals surface area contributed by atoms with Gasteiger partial charge in [0.05, 0.1) is 29.2 Å². The van der Waals surface area contributed by atoms with E-state index in [1.807, 2.05) is 37.3 Å². The number of carbonyl (C=O) groups is 3. The van der Waals surface area contributed by atoms with E-state index in [-0.39, 0.29) is 40.4 Å². The molecule has 0 saturated carbocycles. The van der Waals surface area contributed by atoms with Crippen LogP contribution in [0, 0.1) is 11.8 Å². The Balaban J connectivity index is 1.64. The molecule has 0 aliphatic carbocycles. The van der Waals surface area contributed by atoms with Crippen molar-refractivity contribution in [3.05, 3.63) is 35.9 Å². The Labute approximate surface area is 213 Å². The van der Waals surface area contributed by atoms with Crippen molar-refractivity contribution in [3.8, 4) is 0 Å². The fourth-order valence-electron chi connectivity index (χ4n) is 5.96. The van der Waals surface area contributed by atoms with E-state index in [0.29, 0.717) is 13.0 Å². The number of nitrogens with one attached hydrogen (secondary N) is 2. The third-order valence-corrected chi connectivity index (χ3v) is 10.7. The number of amides is 3. The minimum absolute atomic E-state index is 0.0114. The van der Waals surface area contributed by atoms with Gasteiger partial charge in [-0.25, -0.2) is 0 Å². The lowest BCUT2D eigenvalue weighted by molar-refractivity contribution is -0.142. The molecular formula is C25H34BrN3O4S. The zero-order valence-corrected chi connectivity index (χ0v) is 22.3. The number of halogens is 1. The number of benzene rings is 1. The van der Waals surface area contributed by atoms with Crippen LogP contribution < -0.4 is 10.6 Å². The predicted octanol–water partition coefficient (Wildman–Crippen LogP) is 2.45. The highest BCUT2D eigenvalue weighted by Crippen LogP contribution is 2.67. The van der Waals surface area contributed by atoms with Gasteiger partial charge in [-0.1, -0.05) is 59.6 Å². The molecule has 3 N–H and O–H groups in total. The SMILES string of the molecule is CCCC(C)NC(=O)C1N([C@H](C)CO)C(=O)[C@@H]2[C@@H](C(=O)NCc3ccccc3)[C@@H]3SC12CC3Br. The third-order valence-electron chi connectivity index (χ3n) is 7.44. The molecule has 0 radical (unpaired) electrons. The monoisotopic (exact) mass is 551 g/mol. The summed E-state index contributed by atoms with van der Waals surface area (Å²) >= 11 is 5.38. The van der Waals surface area contributed by atoms with Crippen LogP contribution in [-0.2, 0) is 20.9 Å². The third kappa shape index (κ3) is 4.28. The van der Waals surface area contributed by atoms with Crippen molar-refractivity contribution in [2.45, 2.75) is 79.5 Å². The molecule has 3 fully saturated rings. The van der Waals surface area contributed by atoms with Crippen LogP contribution in [0.2, 0.25) is 0 Å². The molecule has 4 unspecified atom stereocenters. The molecule has 2 bridgehead atoms. The second-order valence-electron chi connectivity index (χ2n) is 9.84. The van der Waals surface area contributed by atoms with Gasteiger partial charge in [-0.05, 0) is 32.3 Å². The normalized spacial score (nSPS) is 33.5. The van der Waals surface area contributed by atoms with Crippen molar-refractivity contribution in [2.75, 3.05) is 6.61 Å². The average molecular weight is 553 g/mol. The standard InChI is InChI=1S/C25H34BrN3O4S/c1-4-8-14(2)28-23(32)21-25-11-17(26)20(34-25)18(19(25)24(33)29(21)15(3)13-30)22(31)27-12-16-9-6-5-7-10-16/h5-7,9-10,14-15,17-21,30H,4,8,11-13H2,1-3H3,(H,27,31)(H,28,32)/t14?,15-,17?,18-,19+,20-,21?,25?/m1/s1. The molecule has 3 heterocycles. The van der Waals surface area contributed by atoms with Gasteiger partial charge in [0.2, 0.25) is 17.7 Å². The second kappa shape index (κ2) is 10.2. The highest BCUT2D eigenvalue weighted by Gasteiger charge is 2.75. The molecular weight excluding hydrogens is 518 g/mol. The summed E-state index contributed by atoms with van der Waals surface area (Å²) in [6, 6.07) is 8.45. The zero-order chi connectivity index (χ0) is 24.6. The number of hydrogen-bond donors (Lipinski definition) is 3. The van der Waals surface area contributed by atoms with Gasteiger partial charge in [-0.2, -0.15) is 0 Å². The zero-order valence-electron chi connectivity index (χ0n) is 19.9. The molecule has 3 saturated heterocycles. The minimum atomic E-state index is -0.714. The Morgan fingerprint density at radius 2 is 1.97 bits per heavy atom. The molecule has 8 atom stereocenters. The maximum Gasteiger partial charge on any atom is 0.244 e. The van der Waals surface area contributed by atoms with Gasteiger partial charge >= 0.3 is 0 Å². The smallest absolute Gasteiger partial charge is 0.244 e. The van der Waals surface area contributed by atoms with Crippen LogP contribution in [0.5, 0.6) is 0 Å². The van der Waals surface area contributed by atoms with Crippen LogP contribution >= 0.6 is 27.7 Å². The number of thioether (sulfide) groups is 1. The van der Waals surface area contributed by atoms with E-state index in [2.05, 4.69) is 33.5 Å². The molecule has 3 aliphatic rings. The molecule has 7 nitrogen and oxygen atoms in total. The number of nitrogens with zero attached hydrogens (tertiary/aromatic N) is 1. The summed E-state index contributed by atoms with van der Waals surface area (Å²) in [5.74, 6) is -1.64. The maximum absolute atomic E-state index is 13.8. The topological polar surface area (TPSA) is 98.7 Å². The lowest BCUT2D eigenvalue weighted by Gasteiger charge is -2.37. The molecule has 4 rings (SSSR count). The summed E-state index contributed by atoms with van der Waals surface area (Å²) in [5.41, 5.74) is 0.993. The number of aliphatic hydroxyl groups excluding tert-OH is 1. The lowest BCUT2D eigenvalue weighted by atomic mass is 9.70. The first-order chi connectivity index (χ1) is 16.2. The molecule has 0 aromatic heterocycles. The Bertz CT molecular complexity index is 934. The van der Waals surface area contributed by atoms with E-state index in [9.17, 15) is 19.5 Å². The molecule has 1 aromatic rings. The van der Waals surface area contributed by atoms with E-state index in [4.69, 9.17) is 0 Å². The Morgan fingerprint density at radius 3 is 2.62 bits per heavy atom. The molecule has 3 amide bonds. The van der Waals surface area contributed by atoms with Gasteiger partial charge < -0.3 is 20.6 Å². The number of fused-ring (bicyclic) bond motifs is 1. The van der Waals surface area contributed by atoms with E-state index in [1.165, 1.54) is 0 Å². The summed E-state index contributed by atoms with van der Waals surface area (Å²) in [5, 5.41) is 16.0. The summed E-state index contributed by atoms with van der Waals surface area (Å²) in [6.07, 6.45) is 2.43. The second-order valence-corrected chi connectivity index (χ2v) is 12.6. The maximum atomic E-state index is 13.8. The summed E-state index contributed by atoms with van der Waals surface area (Å²) in [6.45, 7) is 5.96. The van der Waals surface area contributed by atoms with Crippen molar-refractivity contribution in [1.82, 2.24) is 15.5 Å². The number of alkyl halides is 1. The van der Waals surface area contributed by atoms with Gasteiger partial charge in [0.15, 0.2) is 0 Å². The highest BCUT2D eigenvalue weighted by molar-refractivity contribution is 9.09. The van der Waals surface area contributed by atoms with Crippen molar-refractivity contribution in [2.24, 2.45) is 11.8 Å². The minimum Gasteiger partial charge on any atom is -0.394 e. The van der Waals surface area contributed by atoms with Crippen molar-refractivity contribution in [3.63, 3.8) is 0 Å². The first-order valence-corrected chi connectivity index (χ1v) is 13.9. The molecule has 1 aromatic carbocycles. The molecule has 186 valence electrons. The van der Waals surface area contributed by atoms with Crippen LogP contribution in [0.25, 0.3) is 0 Å². The van der Waals surface area contributed by atoms with E-state index >= 15 is 0 Å². The van der Waals surface area contributed by atoms with Gasteiger partial charge in [0, 0.05) is 22.7 Å². The fourth-order valence-corrected chi connectivity index (χ4v) is 9.56. The first kappa shape index (κ1) is 25.5. The van der Waals surface area contributed by atoms with Gasteiger partial charge in [-0.3, -0.25) is 14.4 Å². The van der Waals surface area contributed by atoms with Crippen LogP contribution in [-0.4, -0.2) is 67.3 Å². The van der Waals surface area contributed by atoms with E-state index in [1.54, 1.807) is 23.6 Å². The van der Waals surface area contributed by atoms with Gasteiger partial charge in [0.25, 0.3) is 0 Å². The highest BCUT2D eigenvalue weighted by atomic mass is 79.9. The summed E-state index contributed by atoms with van der Waals surface area (Å²) in [4.78, 5) is 42.5. The molecule has 1 spiro atoms. The van der Waals surface area contributed by atoms with Crippen molar-refractivity contribution < 1.29 is 19.5 Å². The quantitative estimate of drug-likeness (QED) is 0.409. The van der Waals surface area contributed by atoms with E-state index in [0.717, 1.165) is 18.4 Å².